The fourth-order valence-electron chi connectivity index (χ4n) is 3.43. The summed E-state index contributed by atoms with van der Waals surface area (Å²) >= 11 is 0. The predicted molar refractivity (Wildman–Crippen MR) is 80.6 cm³/mol. The summed E-state index contributed by atoms with van der Waals surface area (Å²) in [6.45, 7) is 5.66. The lowest BCUT2D eigenvalue weighted by Gasteiger charge is -2.28. The first-order valence-electron chi connectivity index (χ1n) is 8.33. The van der Waals surface area contributed by atoms with E-state index < -0.39 is 0 Å². The van der Waals surface area contributed by atoms with E-state index in [9.17, 15) is 4.79 Å². The smallest absolute Gasteiger partial charge is 0.220 e. The Balaban J connectivity index is 1.50. The zero-order chi connectivity index (χ0) is 14.2. The molecule has 0 unspecified atom stereocenters. The fraction of sp³-hybridized carbons (Fsp3) is 0.938. The lowest BCUT2D eigenvalue weighted by molar-refractivity contribution is -0.121. The third kappa shape index (κ3) is 5.41. The Morgan fingerprint density at radius 2 is 1.85 bits per heavy atom. The van der Waals surface area contributed by atoms with E-state index in [2.05, 4.69) is 17.6 Å². The second-order valence-electron chi connectivity index (χ2n) is 6.40. The van der Waals surface area contributed by atoms with Gasteiger partial charge in [-0.25, -0.2) is 0 Å². The van der Waals surface area contributed by atoms with Crippen molar-refractivity contribution < 1.29 is 9.53 Å². The summed E-state index contributed by atoms with van der Waals surface area (Å²) in [6, 6.07) is 0.519. The summed E-state index contributed by atoms with van der Waals surface area (Å²) in [7, 11) is 0. The Hall–Kier alpha value is -0.610. The third-order valence-corrected chi connectivity index (χ3v) is 4.84. The summed E-state index contributed by atoms with van der Waals surface area (Å²) in [5.41, 5.74) is 0. The van der Waals surface area contributed by atoms with Crippen LogP contribution in [-0.2, 0) is 9.53 Å². The minimum Gasteiger partial charge on any atom is -0.381 e. The van der Waals surface area contributed by atoms with Gasteiger partial charge in [-0.2, -0.15) is 0 Å². The van der Waals surface area contributed by atoms with Crippen LogP contribution in [0.5, 0.6) is 0 Å². The third-order valence-electron chi connectivity index (χ3n) is 4.84. The zero-order valence-electron chi connectivity index (χ0n) is 12.8. The highest BCUT2D eigenvalue weighted by atomic mass is 16.5. The van der Waals surface area contributed by atoms with Crippen molar-refractivity contribution in [2.45, 2.75) is 57.9 Å². The van der Waals surface area contributed by atoms with Crippen molar-refractivity contribution in [1.29, 1.82) is 0 Å². The van der Waals surface area contributed by atoms with Crippen molar-refractivity contribution in [2.75, 3.05) is 26.3 Å². The summed E-state index contributed by atoms with van der Waals surface area (Å²) < 4.78 is 5.39. The van der Waals surface area contributed by atoms with Crippen molar-refractivity contribution in [2.24, 2.45) is 11.8 Å². The average molecular weight is 282 g/mol. The number of carbonyl (C=O) groups is 1. The van der Waals surface area contributed by atoms with Crippen LogP contribution in [0.25, 0.3) is 0 Å². The van der Waals surface area contributed by atoms with Gasteiger partial charge in [0.1, 0.15) is 0 Å². The largest absolute Gasteiger partial charge is 0.381 e. The van der Waals surface area contributed by atoms with Crippen LogP contribution in [0.4, 0.5) is 0 Å². The van der Waals surface area contributed by atoms with E-state index >= 15 is 0 Å². The van der Waals surface area contributed by atoms with Crippen LogP contribution in [-0.4, -0.2) is 38.3 Å². The van der Waals surface area contributed by atoms with Crippen LogP contribution in [0.2, 0.25) is 0 Å². The molecule has 0 bridgehead atoms. The molecule has 116 valence electrons. The summed E-state index contributed by atoms with van der Waals surface area (Å²) in [4.78, 5) is 11.8. The van der Waals surface area contributed by atoms with Gasteiger partial charge < -0.3 is 15.4 Å². The molecule has 0 radical (unpaired) electrons. The van der Waals surface area contributed by atoms with Gasteiger partial charge >= 0.3 is 0 Å². The molecule has 4 nitrogen and oxygen atoms in total. The average Bonchev–Trinajstić information content (AvgIpc) is 2.97. The molecule has 0 spiro atoms. The van der Waals surface area contributed by atoms with Gasteiger partial charge in [0.2, 0.25) is 5.91 Å². The molecule has 1 saturated carbocycles. The maximum absolute atomic E-state index is 11.8. The number of carbonyl (C=O) groups excluding carboxylic acids is 1. The van der Waals surface area contributed by atoms with Crippen molar-refractivity contribution >= 4 is 5.91 Å². The first-order valence-corrected chi connectivity index (χ1v) is 8.33. The molecule has 1 amide bonds. The molecule has 2 fully saturated rings. The van der Waals surface area contributed by atoms with Gasteiger partial charge in [-0.3, -0.25) is 4.79 Å². The van der Waals surface area contributed by atoms with Gasteiger partial charge in [0.05, 0.1) is 0 Å². The minimum atomic E-state index is 0.234. The fourth-order valence-corrected chi connectivity index (χ4v) is 3.43. The molecule has 0 aromatic heterocycles. The van der Waals surface area contributed by atoms with Gasteiger partial charge in [-0.1, -0.05) is 12.8 Å². The molecule has 2 N–H and O–H groups in total. The lowest BCUT2D eigenvalue weighted by atomic mass is 9.93. The predicted octanol–water partition coefficient (Wildman–Crippen LogP) is 2.09. The molecule has 1 aliphatic heterocycles. The van der Waals surface area contributed by atoms with Crippen LogP contribution >= 0.6 is 0 Å². The van der Waals surface area contributed by atoms with Crippen LogP contribution < -0.4 is 10.6 Å². The SMILES string of the molecule is C[C@H](NCCNC(=O)CC1CCCC1)C1CCOCC1. The number of amides is 1. The van der Waals surface area contributed by atoms with Crippen molar-refractivity contribution in [3.8, 4) is 0 Å². The summed E-state index contributed by atoms with van der Waals surface area (Å²) in [6.07, 6.45) is 8.14. The monoisotopic (exact) mass is 282 g/mol. The lowest BCUT2D eigenvalue weighted by Crippen LogP contribution is -2.41. The van der Waals surface area contributed by atoms with E-state index in [4.69, 9.17) is 4.74 Å². The summed E-state index contributed by atoms with van der Waals surface area (Å²) in [5, 5.41) is 6.57. The highest BCUT2D eigenvalue weighted by molar-refractivity contribution is 5.76. The molecule has 0 aromatic carbocycles. The molecule has 0 aromatic rings. The Morgan fingerprint density at radius 3 is 2.55 bits per heavy atom. The second-order valence-corrected chi connectivity index (χ2v) is 6.40. The highest BCUT2D eigenvalue weighted by Gasteiger charge is 2.20. The molecule has 1 saturated heterocycles. The number of rotatable bonds is 7. The number of hydrogen-bond donors (Lipinski definition) is 2. The van der Waals surface area contributed by atoms with Gasteiger partial charge in [-0.15, -0.1) is 0 Å². The van der Waals surface area contributed by atoms with Crippen LogP contribution in [0.1, 0.15) is 51.9 Å². The molecule has 2 rings (SSSR count). The zero-order valence-corrected chi connectivity index (χ0v) is 12.8. The molecule has 1 aliphatic carbocycles. The van der Waals surface area contributed by atoms with Crippen LogP contribution in [0.15, 0.2) is 0 Å². The maximum Gasteiger partial charge on any atom is 0.220 e. The van der Waals surface area contributed by atoms with Crippen LogP contribution in [0, 0.1) is 11.8 Å². The van der Waals surface area contributed by atoms with E-state index in [1.165, 1.54) is 25.7 Å². The van der Waals surface area contributed by atoms with E-state index in [0.29, 0.717) is 12.0 Å². The first-order chi connectivity index (χ1) is 9.75. The van der Waals surface area contributed by atoms with Gasteiger partial charge in [0.25, 0.3) is 0 Å². The van der Waals surface area contributed by atoms with E-state index in [1.807, 2.05) is 0 Å². The topological polar surface area (TPSA) is 50.4 Å². The molecule has 4 heteroatoms. The molecule has 1 heterocycles. The molecule has 1 atom stereocenters. The Morgan fingerprint density at radius 1 is 1.15 bits per heavy atom. The molecular weight excluding hydrogens is 252 g/mol. The van der Waals surface area contributed by atoms with Crippen molar-refractivity contribution in [1.82, 2.24) is 10.6 Å². The molecule has 2 aliphatic rings. The van der Waals surface area contributed by atoms with E-state index in [0.717, 1.165) is 51.5 Å². The van der Waals surface area contributed by atoms with Gasteiger partial charge in [0, 0.05) is 38.8 Å². The first kappa shape index (κ1) is 15.8. The molecular formula is C16H30N2O2. The quantitative estimate of drug-likeness (QED) is 0.703. The van der Waals surface area contributed by atoms with Crippen molar-refractivity contribution in [3.63, 3.8) is 0 Å². The normalized spacial score (nSPS) is 22.9. The van der Waals surface area contributed by atoms with Gasteiger partial charge in [0.15, 0.2) is 0 Å². The number of ether oxygens (including phenoxy) is 1. The Bertz CT molecular complexity index is 284. The second kappa shape index (κ2) is 8.63. The van der Waals surface area contributed by atoms with E-state index in [-0.39, 0.29) is 5.91 Å². The number of nitrogens with one attached hydrogen (secondary N) is 2. The Labute approximate surface area is 123 Å². The number of hydrogen-bond acceptors (Lipinski definition) is 3. The highest BCUT2D eigenvalue weighted by Crippen LogP contribution is 2.27. The molecule has 20 heavy (non-hydrogen) atoms. The maximum atomic E-state index is 11.8. The Kier molecular flexibility index (Phi) is 6.80. The minimum absolute atomic E-state index is 0.234. The van der Waals surface area contributed by atoms with Gasteiger partial charge in [-0.05, 0) is 44.4 Å². The summed E-state index contributed by atoms with van der Waals surface area (Å²) in [5.74, 6) is 1.60. The van der Waals surface area contributed by atoms with E-state index in [1.54, 1.807) is 0 Å². The van der Waals surface area contributed by atoms with Crippen molar-refractivity contribution in [3.05, 3.63) is 0 Å². The standard InChI is InChI=1S/C16H30N2O2/c1-13(15-6-10-20-11-7-15)17-8-9-18-16(19)12-14-4-2-3-5-14/h13-15,17H,2-12H2,1H3,(H,18,19)/t13-/m0/s1. The van der Waals surface area contributed by atoms with Crippen LogP contribution in [0.3, 0.4) is 0 Å².